The first-order chi connectivity index (χ1) is 8.35. The molecule has 1 atom stereocenters. The summed E-state index contributed by atoms with van der Waals surface area (Å²) < 4.78 is 0. The van der Waals surface area contributed by atoms with Gasteiger partial charge in [-0.05, 0) is 31.9 Å². The molecule has 0 fully saturated rings. The Bertz CT molecular complexity index is 522. The van der Waals surface area contributed by atoms with Crippen LogP contribution >= 0.6 is 23.2 Å². The van der Waals surface area contributed by atoms with Crippen LogP contribution in [-0.2, 0) is 4.79 Å². The monoisotopic (exact) mass is 284 g/mol. The molecule has 0 saturated heterocycles. The number of benzene rings is 1. The van der Waals surface area contributed by atoms with Gasteiger partial charge in [-0.25, -0.2) is 0 Å². The van der Waals surface area contributed by atoms with Crippen molar-refractivity contribution >= 4 is 34.8 Å². The zero-order valence-electron chi connectivity index (χ0n) is 10.5. The van der Waals surface area contributed by atoms with E-state index in [4.69, 9.17) is 28.5 Å². The number of carbonyl (C=O) groups excluding carboxylic acids is 1. The maximum absolute atomic E-state index is 12.1. The molecule has 1 rings (SSSR count). The number of nitrogens with one attached hydrogen (secondary N) is 1. The van der Waals surface area contributed by atoms with Crippen molar-refractivity contribution in [1.82, 2.24) is 0 Å². The minimum atomic E-state index is -1.09. The molecule has 0 heterocycles. The lowest BCUT2D eigenvalue weighted by Gasteiger charge is -2.20. The van der Waals surface area contributed by atoms with Crippen LogP contribution in [0.3, 0.4) is 0 Å². The van der Waals surface area contributed by atoms with E-state index >= 15 is 0 Å². The van der Waals surface area contributed by atoms with E-state index in [1.54, 1.807) is 26.0 Å². The van der Waals surface area contributed by atoms with Crippen molar-refractivity contribution in [3.8, 4) is 6.07 Å². The minimum absolute atomic E-state index is 0.357. The van der Waals surface area contributed by atoms with Gasteiger partial charge in [-0.1, -0.05) is 36.2 Å². The van der Waals surface area contributed by atoms with Gasteiger partial charge in [0.25, 0.3) is 0 Å². The fourth-order valence-corrected chi connectivity index (χ4v) is 1.78. The summed E-state index contributed by atoms with van der Waals surface area (Å²) in [5, 5.41) is 12.4. The third-order valence-corrected chi connectivity index (χ3v) is 3.78. The summed E-state index contributed by atoms with van der Waals surface area (Å²) in [6.07, 6.45) is 0.413. The van der Waals surface area contributed by atoms with Crippen molar-refractivity contribution in [2.24, 2.45) is 5.41 Å². The molecule has 1 amide bonds. The number of hydrogen-bond acceptors (Lipinski definition) is 2. The van der Waals surface area contributed by atoms with E-state index < -0.39 is 11.3 Å². The number of nitriles is 1. The highest BCUT2D eigenvalue weighted by Crippen LogP contribution is 2.34. The summed E-state index contributed by atoms with van der Waals surface area (Å²) in [6, 6.07) is 5.43. The van der Waals surface area contributed by atoms with Gasteiger partial charge in [-0.3, -0.25) is 4.79 Å². The maximum atomic E-state index is 12.1. The molecular formula is C13H14Cl2N2O. The molecule has 3 nitrogen and oxygen atoms in total. The van der Waals surface area contributed by atoms with E-state index in [0.29, 0.717) is 22.2 Å². The first-order valence-corrected chi connectivity index (χ1v) is 6.28. The van der Waals surface area contributed by atoms with Gasteiger partial charge in [0.2, 0.25) is 5.91 Å². The molecule has 0 aliphatic rings. The third kappa shape index (κ3) is 2.77. The van der Waals surface area contributed by atoms with Crippen molar-refractivity contribution < 1.29 is 4.79 Å². The fraction of sp³-hybridized carbons (Fsp3) is 0.385. The Morgan fingerprint density at radius 1 is 1.50 bits per heavy atom. The lowest BCUT2D eigenvalue weighted by molar-refractivity contribution is -0.122. The molecule has 0 radical (unpaired) electrons. The van der Waals surface area contributed by atoms with Gasteiger partial charge in [-0.15, -0.1) is 0 Å². The summed E-state index contributed by atoms with van der Waals surface area (Å²) in [7, 11) is 0. The second-order valence-corrected chi connectivity index (χ2v) is 5.09. The van der Waals surface area contributed by atoms with Crippen molar-refractivity contribution in [3.05, 3.63) is 27.7 Å². The number of amides is 1. The Hall–Kier alpha value is -1.24. The van der Waals surface area contributed by atoms with Crippen LogP contribution in [-0.4, -0.2) is 5.91 Å². The molecule has 0 aliphatic carbocycles. The Kier molecular flexibility index (Phi) is 4.61. The normalized spacial score (nSPS) is 13.6. The minimum Gasteiger partial charge on any atom is -0.322 e. The number of hydrogen-bond donors (Lipinski definition) is 1. The van der Waals surface area contributed by atoms with Gasteiger partial charge in [-0.2, -0.15) is 5.26 Å². The number of aryl methyl sites for hydroxylation is 1. The molecule has 0 saturated carbocycles. The standard InChI is InChI=1S/C13H14Cl2N2O/c1-4-13(3,7-16)12(18)17-11-9(14)6-5-8(2)10(11)15/h5-6H,4H2,1-3H3,(H,17,18). The van der Waals surface area contributed by atoms with Crippen LogP contribution < -0.4 is 5.32 Å². The van der Waals surface area contributed by atoms with Crippen molar-refractivity contribution in [2.75, 3.05) is 5.32 Å². The zero-order chi connectivity index (χ0) is 13.9. The highest BCUT2D eigenvalue weighted by atomic mass is 35.5. The molecule has 1 aromatic carbocycles. The summed E-state index contributed by atoms with van der Waals surface area (Å²) in [6.45, 7) is 5.18. The van der Waals surface area contributed by atoms with Gasteiger partial charge in [0, 0.05) is 0 Å². The Morgan fingerprint density at radius 2 is 2.11 bits per heavy atom. The van der Waals surface area contributed by atoms with Crippen LogP contribution in [0.4, 0.5) is 5.69 Å². The second kappa shape index (κ2) is 5.60. The molecule has 0 aliphatic heterocycles. The highest BCUT2D eigenvalue weighted by molar-refractivity contribution is 6.40. The van der Waals surface area contributed by atoms with Crippen LogP contribution in [0.25, 0.3) is 0 Å². The summed E-state index contributed by atoms with van der Waals surface area (Å²) in [5.74, 6) is -0.401. The number of halogens is 2. The third-order valence-electron chi connectivity index (χ3n) is 2.98. The molecule has 18 heavy (non-hydrogen) atoms. The van der Waals surface area contributed by atoms with Gasteiger partial charge < -0.3 is 5.32 Å². The smallest absolute Gasteiger partial charge is 0.244 e. The highest BCUT2D eigenvalue weighted by Gasteiger charge is 2.32. The van der Waals surface area contributed by atoms with Gasteiger partial charge in [0.15, 0.2) is 0 Å². The van der Waals surface area contributed by atoms with Gasteiger partial charge >= 0.3 is 0 Å². The first-order valence-electron chi connectivity index (χ1n) is 5.53. The average Bonchev–Trinajstić information content (AvgIpc) is 2.37. The zero-order valence-corrected chi connectivity index (χ0v) is 12.0. The average molecular weight is 285 g/mol. The molecule has 1 unspecified atom stereocenters. The Balaban J connectivity index is 3.11. The summed E-state index contributed by atoms with van der Waals surface area (Å²) in [5.41, 5.74) is 0.0842. The van der Waals surface area contributed by atoms with Crippen LogP contribution in [0.2, 0.25) is 10.0 Å². The van der Waals surface area contributed by atoms with Crippen LogP contribution in [0.5, 0.6) is 0 Å². The largest absolute Gasteiger partial charge is 0.322 e. The predicted octanol–water partition coefficient (Wildman–Crippen LogP) is 4.18. The molecule has 1 aromatic rings. The first kappa shape index (κ1) is 14.8. The van der Waals surface area contributed by atoms with E-state index in [2.05, 4.69) is 5.32 Å². The van der Waals surface area contributed by atoms with Crippen LogP contribution in [0.15, 0.2) is 12.1 Å². The van der Waals surface area contributed by atoms with Crippen molar-refractivity contribution in [1.29, 1.82) is 5.26 Å². The van der Waals surface area contributed by atoms with E-state index in [9.17, 15) is 4.79 Å². The molecule has 5 heteroatoms. The van der Waals surface area contributed by atoms with Gasteiger partial charge in [0.05, 0.1) is 21.8 Å². The lowest BCUT2D eigenvalue weighted by Crippen LogP contribution is -2.31. The molecule has 0 spiro atoms. The number of anilines is 1. The fourth-order valence-electron chi connectivity index (χ4n) is 1.31. The van der Waals surface area contributed by atoms with Crippen LogP contribution in [0.1, 0.15) is 25.8 Å². The Labute approximate surface area is 117 Å². The van der Waals surface area contributed by atoms with E-state index in [1.165, 1.54) is 0 Å². The predicted molar refractivity (Wildman–Crippen MR) is 73.8 cm³/mol. The summed E-state index contributed by atoms with van der Waals surface area (Å²) >= 11 is 12.1. The lowest BCUT2D eigenvalue weighted by atomic mass is 9.88. The molecule has 1 N–H and O–H groups in total. The number of carbonyl (C=O) groups is 1. The maximum Gasteiger partial charge on any atom is 0.244 e. The molecular weight excluding hydrogens is 271 g/mol. The molecule has 0 bridgehead atoms. The SMILES string of the molecule is CCC(C)(C#N)C(=O)Nc1c(Cl)ccc(C)c1Cl. The summed E-state index contributed by atoms with van der Waals surface area (Å²) in [4.78, 5) is 12.1. The van der Waals surface area contributed by atoms with Crippen molar-refractivity contribution in [3.63, 3.8) is 0 Å². The molecule has 0 aromatic heterocycles. The van der Waals surface area contributed by atoms with E-state index in [0.717, 1.165) is 5.56 Å². The van der Waals surface area contributed by atoms with E-state index in [-0.39, 0.29) is 0 Å². The second-order valence-electron chi connectivity index (χ2n) is 4.30. The number of nitrogens with zero attached hydrogens (tertiary/aromatic N) is 1. The van der Waals surface area contributed by atoms with Crippen LogP contribution in [0, 0.1) is 23.7 Å². The van der Waals surface area contributed by atoms with Crippen molar-refractivity contribution in [2.45, 2.75) is 27.2 Å². The van der Waals surface area contributed by atoms with E-state index in [1.807, 2.05) is 13.0 Å². The quantitative estimate of drug-likeness (QED) is 0.905. The van der Waals surface area contributed by atoms with Gasteiger partial charge in [0.1, 0.15) is 5.41 Å². The number of rotatable bonds is 3. The molecule has 96 valence electrons. The topological polar surface area (TPSA) is 52.9 Å². The Morgan fingerprint density at radius 3 is 2.61 bits per heavy atom.